The molecule has 25 heavy (non-hydrogen) atoms. The summed E-state index contributed by atoms with van der Waals surface area (Å²) in [4.78, 5) is 24.2. The molecule has 0 fully saturated rings. The Balaban J connectivity index is 2.02. The third-order valence-corrected chi connectivity index (χ3v) is 3.75. The molecule has 0 saturated carbocycles. The average molecular weight is 336 g/mol. The highest BCUT2D eigenvalue weighted by molar-refractivity contribution is 5.96. The smallest absolute Gasteiger partial charge is 0.338 e. The molecular formula is C20H20N2O3. The molecule has 0 aliphatic carbocycles. The van der Waals surface area contributed by atoms with E-state index in [2.05, 4.69) is 5.32 Å². The molecule has 5 nitrogen and oxygen atoms in total. The van der Waals surface area contributed by atoms with Crippen molar-refractivity contribution in [2.75, 3.05) is 11.9 Å². The maximum absolute atomic E-state index is 12.2. The quantitative estimate of drug-likeness (QED) is 0.843. The van der Waals surface area contributed by atoms with E-state index in [4.69, 9.17) is 10.00 Å². The molecule has 0 aliphatic rings. The van der Waals surface area contributed by atoms with E-state index in [-0.39, 0.29) is 18.1 Å². The molecule has 0 spiro atoms. The number of nitrogens with one attached hydrogen (secondary N) is 1. The number of esters is 1. The predicted molar refractivity (Wildman–Crippen MR) is 95.3 cm³/mol. The molecule has 1 N–H and O–H groups in total. The van der Waals surface area contributed by atoms with E-state index in [1.54, 1.807) is 18.2 Å². The zero-order chi connectivity index (χ0) is 18.4. The van der Waals surface area contributed by atoms with Crippen LogP contribution in [0.1, 0.15) is 46.8 Å². The molecule has 0 heterocycles. The number of carbonyl (C=O) groups is 2. The molecule has 0 aliphatic heterocycles. The van der Waals surface area contributed by atoms with Gasteiger partial charge >= 0.3 is 5.97 Å². The van der Waals surface area contributed by atoms with Crippen LogP contribution in [0.3, 0.4) is 0 Å². The summed E-state index contributed by atoms with van der Waals surface area (Å²) in [6.45, 7) is 5.63. The van der Waals surface area contributed by atoms with Crippen molar-refractivity contribution in [2.24, 2.45) is 0 Å². The van der Waals surface area contributed by atoms with E-state index < -0.39 is 11.9 Å². The van der Waals surface area contributed by atoms with Crippen molar-refractivity contribution < 1.29 is 14.3 Å². The molecule has 5 heteroatoms. The lowest BCUT2D eigenvalue weighted by atomic mass is 9.98. The normalized spacial score (nSPS) is 10.2. The Bertz CT molecular complexity index is 835. The highest BCUT2D eigenvalue weighted by Crippen LogP contribution is 2.27. The summed E-state index contributed by atoms with van der Waals surface area (Å²) in [5.74, 6) is -0.784. The van der Waals surface area contributed by atoms with Crippen molar-refractivity contribution in [3.8, 4) is 6.07 Å². The maximum atomic E-state index is 12.2. The fourth-order valence-corrected chi connectivity index (χ4v) is 2.45. The first kappa shape index (κ1) is 18.2. The summed E-state index contributed by atoms with van der Waals surface area (Å²) >= 11 is 0. The van der Waals surface area contributed by atoms with E-state index in [0.717, 1.165) is 16.8 Å². The van der Waals surface area contributed by atoms with Crippen LogP contribution < -0.4 is 5.32 Å². The summed E-state index contributed by atoms with van der Waals surface area (Å²) in [5, 5.41) is 11.7. The molecule has 0 aromatic heterocycles. The number of ether oxygens (including phenoxy) is 1. The standard InChI is InChI=1S/C20H20N2O3/c1-13(2)17-9-4-6-14(3)19(17)22-18(23)12-25-20(24)16-8-5-7-15(10-16)11-21/h4-10,13H,12H2,1-3H3,(H,22,23). The second kappa shape index (κ2) is 8.11. The van der Waals surface area contributed by atoms with Crippen molar-refractivity contribution >= 4 is 17.6 Å². The van der Waals surface area contributed by atoms with Crippen LogP contribution in [0, 0.1) is 18.3 Å². The van der Waals surface area contributed by atoms with Gasteiger partial charge in [-0.15, -0.1) is 0 Å². The lowest BCUT2D eigenvalue weighted by Gasteiger charge is -2.16. The minimum atomic E-state index is -0.638. The van der Waals surface area contributed by atoms with Gasteiger partial charge in [0, 0.05) is 5.69 Å². The first-order valence-electron chi connectivity index (χ1n) is 7.99. The van der Waals surface area contributed by atoms with Crippen LogP contribution >= 0.6 is 0 Å². The number of anilines is 1. The lowest BCUT2D eigenvalue weighted by molar-refractivity contribution is -0.119. The molecule has 0 bridgehead atoms. The Labute approximate surface area is 147 Å². The molecule has 2 rings (SSSR count). The molecule has 2 aromatic rings. The topological polar surface area (TPSA) is 79.2 Å². The molecule has 1 amide bonds. The van der Waals surface area contributed by atoms with Crippen LogP contribution in [0.25, 0.3) is 0 Å². The monoisotopic (exact) mass is 336 g/mol. The first-order chi connectivity index (χ1) is 11.9. The van der Waals surface area contributed by atoms with Gasteiger partial charge in [0.15, 0.2) is 6.61 Å². The predicted octanol–water partition coefficient (Wildman–Crippen LogP) is 3.79. The fourth-order valence-electron chi connectivity index (χ4n) is 2.45. The van der Waals surface area contributed by atoms with Crippen LogP contribution in [-0.4, -0.2) is 18.5 Å². The minimum absolute atomic E-state index is 0.241. The Morgan fingerprint density at radius 2 is 1.92 bits per heavy atom. The molecule has 0 unspecified atom stereocenters. The molecule has 0 saturated heterocycles. The van der Waals surface area contributed by atoms with Gasteiger partial charge in [0.1, 0.15) is 0 Å². The average Bonchev–Trinajstić information content (AvgIpc) is 2.61. The number of hydrogen-bond acceptors (Lipinski definition) is 4. The molecular weight excluding hydrogens is 316 g/mol. The van der Waals surface area contributed by atoms with E-state index in [9.17, 15) is 9.59 Å². The maximum Gasteiger partial charge on any atom is 0.338 e. The van der Waals surface area contributed by atoms with Crippen molar-refractivity contribution in [1.29, 1.82) is 5.26 Å². The van der Waals surface area contributed by atoms with Gasteiger partial charge in [-0.25, -0.2) is 4.79 Å². The van der Waals surface area contributed by atoms with Crippen LogP contribution in [0.4, 0.5) is 5.69 Å². The summed E-state index contributed by atoms with van der Waals surface area (Å²) in [6.07, 6.45) is 0. The molecule has 128 valence electrons. The lowest BCUT2D eigenvalue weighted by Crippen LogP contribution is -2.22. The highest BCUT2D eigenvalue weighted by atomic mass is 16.5. The Kier molecular flexibility index (Phi) is 5.91. The summed E-state index contributed by atoms with van der Waals surface area (Å²) in [5.41, 5.74) is 3.34. The number of nitrogens with zero attached hydrogens (tertiary/aromatic N) is 1. The van der Waals surface area contributed by atoms with Gasteiger partial charge in [0.05, 0.1) is 17.2 Å². The van der Waals surface area contributed by atoms with Crippen molar-refractivity contribution in [3.05, 3.63) is 64.7 Å². The highest BCUT2D eigenvalue weighted by Gasteiger charge is 2.14. The summed E-state index contributed by atoms with van der Waals surface area (Å²) in [6, 6.07) is 13.9. The van der Waals surface area contributed by atoms with Crippen molar-refractivity contribution in [2.45, 2.75) is 26.7 Å². The second-order valence-corrected chi connectivity index (χ2v) is 6.01. The Hall–Kier alpha value is -3.13. The van der Waals surface area contributed by atoms with E-state index >= 15 is 0 Å². The number of aryl methyl sites for hydroxylation is 1. The third-order valence-electron chi connectivity index (χ3n) is 3.75. The SMILES string of the molecule is Cc1cccc(C(C)C)c1NC(=O)COC(=O)c1cccc(C#N)c1. The molecule has 0 atom stereocenters. The van der Waals surface area contributed by atoms with Gasteiger partial charge in [-0.3, -0.25) is 4.79 Å². The number of carbonyl (C=O) groups excluding carboxylic acids is 2. The number of para-hydroxylation sites is 1. The molecule has 0 radical (unpaired) electrons. The van der Waals surface area contributed by atoms with E-state index in [1.807, 2.05) is 45.0 Å². The summed E-state index contributed by atoms with van der Waals surface area (Å²) in [7, 11) is 0. The number of benzene rings is 2. The number of nitriles is 1. The Morgan fingerprint density at radius 1 is 1.20 bits per heavy atom. The van der Waals surface area contributed by atoms with Crippen molar-refractivity contribution in [1.82, 2.24) is 0 Å². The Morgan fingerprint density at radius 3 is 2.60 bits per heavy atom. The first-order valence-corrected chi connectivity index (χ1v) is 7.99. The van der Waals surface area contributed by atoms with Crippen LogP contribution in [-0.2, 0) is 9.53 Å². The molecule has 2 aromatic carbocycles. The van der Waals surface area contributed by atoms with Crippen molar-refractivity contribution in [3.63, 3.8) is 0 Å². The van der Waals surface area contributed by atoms with Gasteiger partial charge in [-0.05, 0) is 42.2 Å². The minimum Gasteiger partial charge on any atom is -0.452 e. The van der Waals surface area contributed by atoms with Gasteiger partial charge in [0.25, 0.3) is 5.91 Å². The largest absolute Gasteiger partial charge is 0.452 e. The van der Waals surface area contributed by atoms with Gasteiger partial charge in [-0.1, -0.05) is 38.1 Å². The fraction of sp³-hybridized carbons (Fsp3) is 0.250. The summed E-state index contributed by atoms with van der Waals surface area (Å²) < 4.78 is 5.04. The second-order valence-electron chi connectivity index (χ2n) is 6.01. The third kappa shape index (κ3) is 4.67. The van der Waals surface area contributed by atoms with Crippen LogP contribution in [0.2, 0.25) is 0 Å². The van der Waals surface area contributed by atoms with Gasteiger partial charge < -0.3 is 10.1 Å². The van der Waals surface area contributed by atoms with E-state index in [0.29, 0.717) is 5.56 Å². The van der Waals surface area contributed by atoms with Crippen LogP contribution in [0.15, 0.2) is 42.5 Å². The number of hydrogen-bond donors (Lipinski definition) is 1. The zero-order valence-corrected chi connectivity index (χ0v) is 14.5. The zero-order valence-electron chi connectivity index (χ0n) is 14.5. The van der Waals surface area contributed by atoms with Crippen LogP contribution in [0.5, 0.6) is 0 Å². The van der Waals surface area contributed by atoms with E-state index in [1.165, 1.54) is 6.07 Å². The number of amides is 1. The number of rotatable bonds is 5. The van der Waals surface area contributed by atoms with Gasteiger partial charge in [-0.2, -0.15) is 5.26 Å². The van der Waals surface area contributed by atoms with Gasteiger partial charge in [0.2, 0.25) is 0 Å².